The van der Waals surface area contributed by atoms with Crippen molar-refractivity contribution in [2.45, 2.75) is 58.0 Å². The molecule has 1 aromatic rings. The molecule has 1 saturated carbocycles. The summed E-state index contributed by atoms with van der Waals surface area (Å²) >= 11 is 0. The van der Waals surface area contributed by atoms with E-state index < -0.39 is 0 Å². The second-order valence-corrected chi connectivity index (χ2v) is 6.37. The fourth-order valence-corrected chi connectivity index (χ4v) is 3.05. The lowest BCUT2D eigenvalue weighted by Crippen LogP contribution is -2.33. The molecule has 0 heterocycles. The summed E-state index contributed by atoms with van der Waals surface area (Å²) in [5.74, 6) is 0. The fourth-order valence-electron chi connectivity index (χ4n) is 3.05. The smallest absolute Gasteiger partial charge is 0.0230 e. The summed E-state index contributed by atoms with van der Waals surface area (Å²) in [6, 6.07) is 9.69. The number of nitrogens with one attached hydrogen (secondary N) is 1. The Balaban J connectivity index is 1.57. The van der Waals surface area contributed by atoms with E-state index >= 15 is 0 Å². The van der Waals surface area contributed by atoms with Crippen LogP contribution in [0.3, 0.4) is 0 Å². The largest absolute Gasteiger partial charge is 0.314 e. The van der Waals surface area contributed by atoms with Gasteiger partial charge >= 0.3 is 0 Å². The van der Waals surface area contributed by atoms with Gasteiger partial charge in [-0.15, -0.1) is 0 Å². The normalized spacial score (nSPS) is 16.8. The minimum Gasteiger partial charge on any atom is -0.314 e. The van der Waals surface area contributed by atoms with E-state index in [2.05, 4.69) is 48.5 Å². The Hall–Kier alpha value is -0.860. The zero-order chi connectivity index (χ0) is 14.2. The highest BCUT2D eigenvalue weighted by molar-refractivity contribution is 5.21. The maximum absolute atomic E-state index is 3.72. The number of rotatable bonds is 7. The molecule has 2 nitrogen and oxygen atoms in total. The molecule has 2 heteroatoms. The predicted molar refractivity (Wildman–Crippen MR) is 87.0 cm³/mol. The van der Waals surface area contributed by atoms with Gasteiger partial charge < -0.3 is 10.2 Å². The molecule has 1 aliphatic rings. The average molecular weight is 274 g/mol. The molecule has 0 atom stereocenters. The van der Waals surface area contributed by atoms with Gasteiger partial charge in [0.25, 0.3) is 0 Å². The molecule has 0 saturated heterocycles. The third kappa shape index (κ3) is 5.64. The van der Waals surface area contributed by atoms with Crippen molar-refractivity contribution in [3.05, 3.63) is 35.4 Å². The van der Waals surface area contributed by atoms with Gasteiger partial charge in [-0.3, -0.25) is 0 Å². The van der Waals surface area contributed by atoms with Gasteiger partial charge in [0.2, 0.25) is 0 Å². The van der Waals surface area contributed by atoms with Crippen LogP contribution in [0.25, 0.3) is 0 Å². The number of aryl methyl sites for hydroxylation is 1. The Morgan fingerprint density at radius 3 is 2.50 bits per heavy atom. The molecule has 0 bridgehead atoms. The fraction of sp³-hybridized carbons (Fsp3) is 0.667. The summed E-state index contributed by atoms with van der Waals surface area (Å²) in [6.45, 7) is 5.55. The van der Waals surface area contributed by atoms with Gasteiger partial charge in [0.05, 0.1) is 0 Å². The topological polar surface area (TPSA) is 15.3 Å². The Morgan fingerprint density at radius 2 is 1.80 bits per heavy atom. The molecule has 0 spiro atoms. The van der Waals surface area contributed by atoms with Gasteiger partial charge in [-0.25, -0.2) is 0 Å². The molecule has 20 heavy (non-hydrogen) atoms. The molecule has 0 radical (unpaired) electrons. The molecule has 0 aromatic heterocycles. The zero-order valence-electron chi connectivity index (χ0n) is 13.2. The number of hydrogen-bond donors (Lipinski definition) is 1. The molecule has 0 unspecified atom stereocenters. The van der Waals surface area contributed by atoms with Gasteiger partial charge in [-0.2, -0.15) is 0 Å². The van der Waals surface area contributed by atoms with Crippen LogP contribution in [0, 0.1) is 6.92 Å². The van der Waals surface area contributed by atoms with Gasteiger partial charge in [0.1, 0.15) is 0 Å². The van der Waals surface area contributed by atoms with Crippen molar-refractivity contribution in [3.8, 4) is 0 Å². The lowest BCUT2D eigenvalue weighted by atomic mass is 9.95. The zero-order valence-corrected chi connectivity index (χ0v) is 13.2. The standard InChI is InChI=1S/C18H30N2/c1-16-9-11-17(12-10-16)15-20(2)14-6-13-19-18-7-4-3-5-8-18/h9-12,18-19H,3-8,13-15H2,1-2H3. The van der Waals surface area contributed by atoms with Crippen LogP contribution in [-0.2, 0) is 6.54 Å². The lowest BCUT2D eigenvalue weighted by molar-refractivity contribution is 0.308. The Labute approximate surface area is 124 Å². The molecule has 0 amide bonds. The molecule has 112 valence electrons. The van der Waals surface area contributed by atoms with Crippen LogP contribution in [0.4, 0.5) is 0 Å². The highest BCUT2D eigenvalue weighted by atomic mass is 15.1. The first kappa shape index (κ1) is 15.5. The maximum atomic E-state index is 3.72. The Morgan fingerprint density at radius 1 is 1.10 bits per heavy atom. The summed E-state index contributed by atoms with van der Waals surface area (Å²) in [5.41, 5.74) is 2.76. The molecule has 2 rings (SSSR count). The van der Waals surface area contributed by atoms with Crippen molar-refractivity contribution < 1.29 is 0 Å². The van der Waals surface area contributed by atoms with Crippen LogP contribution >= 0.6 is 0 Å². The highest BCUT2D eigenvalue weighted by Gasteiger charge is 2.11. The van der Waals surface area contributed by atoms with E-state index in [1.54, 1.807) is 0 Å². The number of hydrogen-bond acceptors (Lipinski definition) is 2. The summed E-state index contributed by atoms with van der Waals surface area (Å²) in [6.07, 6.45) is 8.31. The van der Waals surface area contributed by atoms with E-state index in [4.69, 9.17) is 0 Å². The van der Waals surface area contributed by atoms with Crippen LogP contribution in [0.1, 0.15) is 49.7 Å². The van der Waals surface area contributed by atoms with Crippen molar-refractivity contribution in [1.82, 2.24) is 10.2 Å². The maximum Gasteiger partial charge on any atom is 0.0230 e. The molecule has 0 aliphatic heterocycles. The molecule has 1 N–H and O–H groups in total. The van der Waals surface area contributed by atoms with Crippen molar-refractivity contribution in [2.24, 2.45) is 0 Å². The molecule has 1 aromatic carbocycles. The average Bonchev–Trinajstić information content (AvgIpc) is 2.47. The number of benzene rings is 1. The minimum atomic E-state index is 0.797. The van der Waals surface area contributed by atoms with Crippen LogP contribution < -0.4 is 5.32 Å². The van der Waals surface area contributed by atoms with Crippen molar-refractivity contribution in [3.63, 3.8) is 0 Å². The van der Waals surface area contributed by atoms with Crippen molar-refractivity contribution in [1.29, 1.82) is 0 Å². The third-order valence-electron chi connectivity index (χ3n) is 4.33. The van der Waals surface area contributed by atoms with Gasteiger partial charge in [0, 0.05) is 12.6 Å². The van der Waals surface area contributed by atoms with E-state index in [9.17, 15) is 0 Å². The van der Waals surface area contributed by atoms with Crippen LogP contribution in [0.5, 0.6) is 0 Å². The van der Waals surface area contributed by atoms with E-state index in [0.717, 1.165) is 12.6 Å². The SMILES string of the molecule is Cc1ccc(CN(C)CCCNC2CCCCC2)cc1. The first-order valence-electron chi connectivity index (χ1n) is 8.21. The van der Waals surface area contributed by atoms with Crippen molar-refractivity contribution in [2.75, 3.05) is 20.1 Å². The molecular weight excluding hydrogens is 244 g/mol. The summed E-state index contributed by atoms with van der Waals surface area (Å²) < 4.78 is 0. The second-order valence-electron chi connectivity index (χ2n) is 6.37. The molecule has 1 fully saturated rings. The quantitative estimate of drug-likeness (QED) is 0.762. The predicted octanol–water partition coefficient (Wildman–Crippen LogP) is 3.74. The highest BCUT2D eigenvalue weighted by Crippen LogP contribution is 2.17. The van der Waals surface area contributed by atoms with E-state index in [1.165, 1.54) is 62.7 Å². The Kier molecular flexibility index (Phi) is 6.55. The Bertz CT molecular complexity index is 366. The first-order chi connectivity index (χ1) is 9.74. The molecule has 1 aliphatic carbocycles. The van der Waals surface area contributed by atoms with Crippen LogP contribution in [-0.4, -0.2) is 31.1 Å². The molecular formula is C18H30N2. The third-order valence-corrected chi connectivity index (χ3v) is 4.33. The van der Waals surface area contributed by atoms with E-state index in [0.29, 0.717) is 0 Å². The first-order valence-corrected chi connectivity index (χ1v) is 8.21. The van der Waals surface area contributed by atoms with Crippen molar-refractivity contribution >= 4 is 0 Å². The van der Waals surface area contributed by atoms with Crippen LogP contribution in [0.2, 0.25) is 0 Å². The monoisotopic (exact) mass is 274 g/mol. The minimum absolute atomic E-state index is 0.797. The summed E-state index contributed by atoms with van der Waals surface area (Å²) in [7, 11) is 2.22. The summed E-state index contributed by atoms with van der Waals surface area (Å²) in [5, 5.41) is 3.72. The summed E-state index contributed by atoms with van der Waals surface area (Å²) in [4.78, 5) is 2.42. The van der Waals surface area contributed by atoms with Gasteiger partial charge in [-0.1, -0.05) is 49.1 Å². The van der Waals surface area contributed by atoms with Crippen LogP contribution in [0.15, 0.2) is 24.3 Å². The van der Waals surface area contributed by atoms with E-state index in [-0.39, 0.29) is 0 Å². The second kappa shape index (κ2) is 8.43. The number of nitrogens with zero attached hydrogens (tertiary/aromatic N) is 1. The van der Waals surface area contributed by atoms with Gasteiger partial charge in [0.15, 0.2) is 0 Å². The van der Waals surface area contributed by atoms with E-state index in [1.807, 2.05) is 0 Å². The van der Waals surface area contributed by atoms with Gasteiger partial charge in [-0.05, 0) is 51.9 Å². The lowest BCUT2D eigenvalue weighted by Gasteiger charge is -2.23.